The van der Waals surface area contributed by atoms with Crippen LogP contribution in [0.3, 0.4) is 0 Å². The lowest BCUT2D eigenvalue weighted by atomic mass is 10.1. The van der Waals surface area contributed by atoms with Crippen LogP contribution in [-0.4, -0.2) is 59.4 Å². The maximum atomic E-state index is 14.8. The van der Waals surface area contributed by atoms with Gasteiger partial charge in [0.25, 0.3) is 0 Å². The smallest absolute Gasteiger partial charge is 0.341 e. The van der Waals surface area contributed by atoms with Crippen LogP contribution in [0.25, 0.3) is 10.9 Å². The summed E-state index contributed by atoms with van der Waals surface area (Å²) in [6.07, 6.45) is 2.09. The normalized spacial score (nSPS) is 22.2. The summed E-state index contributed by atoms with van der Waals surface area (Å²) in [5.41, 5.74) is -0.491. The fraction of sp³-hybridized carbons (Fsp3) is 0.444. The second kappa shape index (κ2) is 6.35. The van der Waals surface area contributed by atoms with Gasteiger partial charge in [-0.05, 0) is 18.6 Å². The van der Waals surface area contributed by atoms with Gasteiger partial charge in [0, 0.05) is 43.8 Å². The highest BCUT2D eigenvalue weighted by atomic mass is 19.1. The molecule has 2 atom stereocenters. The third-order valence-corrected chi connectivity index (χ3v) is 5.36. The highest BCUT2D eigenvalue weighted by Gasteiger charge is 2.34. The molecular weight excluding hydrogens is 344 g/mol. The number of fused-ring (bicyclic) bond motifs is 3. The first kappa shape index (κ1) is 17.0. The van der Waals surface area contributed by atoms with E-state index in [9.17, 15) is 23.5 Å². The van der Waals surface area contributed by atoms with Crippen molar-refractivity contribution in [3.63, 3.8) is 0 Å². The number of aromatic carboxylic acids is 1. The number of carbonyl (C=O) groups is 1. The molecule has 0 saturated carbocycles. The second-order valence-corrected chi connectivity index (χ2v) is 6.82. The van der Waals surface area contributed by atoms with Crippen molar-refractivity contribution in [3.8, 4) is 0 Å². The third-order valence-electron chi connectivity index (χ3n) is 5.36. The van der Waals surface area contributed by atoms with E-state index < -0.39 is 29.5 Å². The molecule has 2 aliphatic rings. The van der Waals surface area contributed by atoms with Crippen LogP contribution >= 0.6 is 0 Å². The number of hydrogen-bond acceptors (Lipinski definition) is 4. The van der Waals surface area contributed by atoms with Crippen molar-refractivity contribution in [2.24, 2.45) is 0 Å². The van der Waals surface area contributed by atoms with E-state index in [0.29, 0.717) is 17.7 Å². The first-order chi connectivity index (χ1) is 12.5. The maximum Gasteiger partial charge on any atom is 0.341 e. The minimum absolute atomic E-state index is 0.0374. The van der Waals surface area contributed by atoms with E-state index in [1.807, 2.05) is 4.90 Å². The molecule has 8 heteroatoms. The summed E-state index contributed by atoms with van der Waals surface area (Å²) in [5, 5.41) is 9.17. The van der Waals surface area contributed by atoms with E-state index in [-0.39, 0.29) is 18.0 Å². The Morgan fingerprint density at radius 2 is 2.08 bits per heavy atom. The Balaban J connectivity index is 1.90. The lowest BCUT2D eigenvalue weighted by molar-refractivity contribution is 0.0694. The van der Waals surface area contributed by atoms with Gasteiger partial charge < -0.3 is 14.6 Å². The molecule has 1 aromatic carbocycles. The van der Waals surface area contributed by atoms with E-state index in [2.05, 4.69) is 4.90 Å². The fourth-order valence-electron chi connectivity index (χ4n) is 4.07. The molecule has 0 aliphatic carbocycles. The van der Waals surface area contributed by atoms with Crippen LogP contribution < -0.4 is 10.3 Å². The number of benzene rings is 1. The molecular formula is C18H19F2N3O3. The Morgan fingerprint density at radius 1 is 1.27 bits per heavy atom. The zero-order valence-electron chi connectivity index (χ0n) is 14.1. The average Bonchev–Trinajstić information content (AvgIpc) is 2.99. The average molecular weight is 363 g/mol. The van der Waals surface area contributed by atoms with Crippen molar-refractivity contribution in [3.05, 3.63) is 39.9 Å². The molecule has 2 saturated heterocycles. The molecule has 2 bridgehead atoms. The third kappa shape index (κ3) is 2.65. The molecule has 1 aromatic heterocycles. The summed E-state index contributed by atoms with van der Waals surface area (Å²) >= 11 is 0. The number of nitrogens with zero attached hydrogens (tertiary/aromatic N) is 3. The van der Waals surface area contributed by atoms with Gasteiger partial charge in [0.05, 0.1) is 17.7 Å². The number of aryl methyl sites for hydroxylation is 1. The molecule has 6 nitrogen and oxygen atoms in total. The minimum atomic E-state index is -1.41. The molecule has 26 heavy (non-hydrogen) atoms. The standard InChI is InChI=1S/C18H19F2N3O3/c19-2-4-22-10-13(18(25)26)17(24)12-7-14(20)16(8-15(12)22)23-6-5-21-3-1-11(23)9-21/h7-8,10-11H,1-6,9H2,(H,25,26). The van der Waals surface area contributed by atoms with Gasteiger partial charge in [0.15, 0.2) is 0 Å². The summed E-state index contributed by atoms with van der Waals surface area (Å²) in [6, 6.07) is 2.87. The van der Waals surface area contributed by atoms with Crippen LogP contribution in [-0.2, 0) is 6.54 Å². The summed E-state index contributed by atoms with van der Waals surface area (Å²) in [4.78, 5) is 28.1. The molecule has 1 N–H and O–H groups in total. The van der Waals surface area contributed by atoms with Gasteiger partial charge in [-0.25, -0.2) is 13.6 Å². The Kier molecular flexibility index (Phi) is 4.14. The molecule has 3 heterocycles. The number of hydrogen-bond donors (Lipinski definition) is 1. The lowest BCUT2D eigenvalue weighted by Gasteiger charge is -2.36. The maximum absolute atomic E-state index is 14.8. The Bertz CT molecular complexity index is 943. The van der Waals surface area contributed by atoms with Crippen molar-refractivity contribution in [1.29, 1.82) is 0 Å². The number of halogens is 2. The summed E-state index contributed by atoms with van der Waals surface area (Å²) in [5.74, 6) is -1.96. The van der Waals surface area contributed by atoms with Crippen LogP contribution in [0.1, 0.15) is 16.8 Å². The number of aromatic nitrogens is 1. The zero-order valence-corrected chi connectivity index (χ0v) is 14.1. The van der Waals surface area contributed by atoms with Crippen LogP contribution in [0, 0.1) is 5.82 Å². The first-order valence-electron chi connectivity index (χ1n) is 8.64. The van der Waals surface area contributed by atoms with Crippen molar-refractivity contribution in [2.45, 2.75) is 19.0 Å². The van der Waals surface area contributed by atoms with Gasteiger partial charge in [-0.3, -0.25) is 9.69 Å². The minimum Gasteiger partial charge on any atom is -0.477 e. The van der Waals surface area contributed by atoms with Crippen molar-refractivity contribution in [1.82, 2.24) is 9.47 Å². The summed E-state index contributed by atoms with van der Waals surface area (Å²) in [7, 11) is 0. The molecule has 2 fully saturated rings. The first-order valence-corrected chi connectivity index (χ1v) is 8.64. The van der Waals surface area contributed by atoms with Crippen LogP contribution in [0.4, 0.5) is 14.5 Å². The topological polar surface area (TPSA) is 65.8 Å². The van der Waals surface area contributed by atoms with E-state index in [0.717, 1.165) is 38.3 Å². The van der Waals surface area contributed by atoms with E-state index in [1.165, 1.54) is 4.57 Å². The SMILES string of the molecule is O=C(O)c1cn(CCF)c2cc(N3CCN4CCC3C4)c(F)cc2c1=O. The highest BCUT2D eigenvalue weighted by molar-refractivity contribution is 5.93. The van der Waals surface area contributed by atoms with Crippen molar-refractivity contribution >= 4 is 22.6 Å². The molecule has 4 rings (SSSR count). The predicted octanol–water partition coefficient (Wildman–Crippen LogP) is 1.70. The number of carboxylic acids is 1. The van der Waals surface area contributed by atoms with Crippen LogP contribution in [0.2, 0.25) is 0 Å². The zero-order chi connectivity index (χ0) is 18.4. The van der Waals surface area contributed by atoms with Crippen molar-refractivity contribution in [2.75, 3.05) is 37.8 Å². The van der Waals surface area contributed by atoms with Crippen LogP contribution in [0.15, 0.2) is 23.1 Å². The fourth-order valence-corrected chi connectivity index (χ4v) is 4.07. The number of anilines is 1. The number of pyridine rings is 1. The molecule has 0 amide bonds. The van der Waals surface area contributed by atoms with Gasteiger partial charge in [-0.15, -0.1) is 0 Å². The van der Waals surface area contributed by atoms with E-state index in [4.69, 9.17) is 0 Å². The Hall–Kier alpha value is -2.48. The lowest BCUT2D eigenvalue weighted by Crippen LogP contribution is -2.47. The van der Waals surface area contributed by atoms with E-state index >= 15 is 0 Å². The second-order valence-electron chi connectivity index (χ2n) is 6.82. The Labute approximate surface area is 148 Å². The van der Waals surface area contributed by atoms with Crippen molar-refractivity contribution < 1.29 is 18.7 Å². The van der Waals surface area contributed by atoms with Gasteiger partial charge in [0.1, 0.15) is 18.1 Å². The summed E-state index contributed by atoms with van der Waals surface area (Å²) in [6.45, 7) is 2.60. The molecule has 2 aliphatic heterocycles. The summed E-state index contributed by atoms with van der Waals surface area (Å²) < 4.78 is 29.2. The number of carboxylic acid groups (broad SMARTS) is 1. The number of piperazine rings is 1. The Morgan fingerprint density at radius 3 is 2.81 bits per heavy atom. The molecule has 138 valence electrons. The molecule has 2 unspecified atom stereocenters. The predicted molar refractivity (Wildman–Crippen MR) is 93.3 cm³/mol. The monoisotopic (exact) mass is 363 g/mol. The highest BCUT2D eigenvalue weighted by Crippen LogP contribution is 2.31. The molecule has 2 aromatic rings. The van der Waals surface area contributed by atoms with Gasteiger partial charge in [0.2, 0.25) is 5.43 Å². The number of alkyl halides is 1. The molecule has 0 spiro atoms. The van der Waals surface area contributed by atoms with Crippen LogP contribution in [0.5, 0.6) is 0 Å². The number of rotatable bonds is 4. The molecule has 0 radical (unpaired) electrons. The largest absolute Gasteiger partial charge is 0.477 e. The van der Waals surface area contributed by atoms with Gasteiger partial charge >= 0.3 is 5.97 Å². The van der Waals surface area contributed by atoms with E-state index in [1.54, 1.807) is 6.07 Å². The van der Waals surface area contributed by atoms with Gasteiger partial charge in [-0.2, -0.15) is 0 Å². The quantitative estimate of drug-likeness (QED) is 0.896. The van der Waals surface area contributed by atoms with Gasteiger partial charge in [-0.1, -0.05) is 0 Å².